The Labute approximate surface area is 363 Å². The number of fused-ring (bicyclic) bond motifs is 1. The van der Waals surface area contributed by atoms with Gasteiger partial charge in [-0.05, 0) is 71.9 Å². The van der Waals surface area contributed by atoms with Gasteiger partial charge >= 0.3 is 88.7 Å². The molecule has 0 unspecified atom stereocenters. The van der Waals surface area contributed by atoms with E-state index in [2.05, 4.69) is 30.5 Å². The summed E-state index contributed by atoms with van der Waals surface area (Å²) in [6.07, 6.45) is 0. The SMILES string of the molecule is Cc1ccc(N=Nc2c(S(=O)(=O)O)cc3cc(S(=O)(=O)O)cc(Nc4nc(Cl)nc(N(C)c5ccccc5)n4)c3c2O)c(S(=O)(=O)O)c1.[Na+].[Na+].[Na+]. The van der Waals surface area contributed by atoms with Gasteiger partial charge in [0.1, 0.15) is 21.2 Å². The molecule has 0 aliphatic rings. The van der Waals surface area contributed by atoms with Gasteiger partial charge in [0.2, 0.25) is 17.2 Å². The van der Waals surface area contributed by atoms with Gasteiger partial charge < -0.3 is 15.3 Å². The van der Waals surface area contributed by atoms with E-state index in [0.29, 0.717) is 11.3 Å². The monoisotopic (exact) mass is 804 g/mol. The van der Waals surface area contributed by atoms with Crippen LogP contribution in [0.1, 0.15) is 5.56 Å². The molecule has 0 bridgehead atoms. The van der Waals surface area contributed by atoms with E-state index in [9.17, 15) is 44.0 Å². The second-order valence-electron chi connectivity index (χ2n) is 9.98. The molecule has 17 nitrogen and oxygen atoms in total. The minimum atomic E-state index is -5.23. The fourth-order valence-electron chi connectivity index (χ4n) is 4.45. The second-order valence-corrected chi connectivity index (χ2v) is 14.5. The molecule has 0 saturated heterocycles. The molecule has 0 aliphatic carbocycles. The van der Waals surface area contributed by atoms with Gasteiger partial charge in [-0.1, -0.05) is 24.3 Å². The summed E-state index contributed by atoms with van der Waals surface area (Å²) in [4.78, 5) is 11.4. The van der Waals surface area contributed by atoms with Crippen LogP contribution in [0.3, 0.4) is 0 Å². The van der Waals surface area contributed by atoms with E-state index in [-0.39, 0.29) is 122 Å². The Morgan fingerprint density at radius 1 is 0.765 bits per heavy atom. The Balaban J connectivity index is 0.00000300. The topological polar surface area (TPSA) is 262 Å². The maximum atomic E-state index is 12.4. The number of phenols is 1. The number of anilines is 4. The van der Waals surface area contributed by atoms with Crippen molar-refractivity contribution in [3.63, 3.8) is 0 Å². The molecule has 4 aromatic carbocycles. The van der Waals surface area contributed by atoms with Crippen LogP contribution < -0.4 is 98.9 Å². The maximum Gasteiger partial charge on any atom is 1.00 e. The summed E-state index contributed by atoms with van der Waals surface area (Å²) in [6, 6.07) is 14.8. The molecule has 0 amide bonds. The molecule has 0 aliphatic heterocycles. The molecule has 1 heterocycles. The van der Waals surface area contributed by atoms with Gasteiger partial charge in [0.15, 0.2) is 5.75 Å². The van der Waals surface area contributed by atoms with Crippen molar-refractivity contribution in [1.29, 1.82) is 0 Å². The van der Waals surface area contributed by atoms with Gasteiger partial charge in [-0.15, -0.1) is 10.2 Å². The molecule has 0 spiro atoms. The largest absolute Gasteiger partial charge is 1.00 e. The molecule has 51 heavy (non-hydrogen) atoms. The second kappa shape index (κ2) is 17.5. The van der Waals surface area contributed by atoms with Crippen molar-refractivity contribution in [3.05, 3.63) is 77.6 Å². The number of nitrogens with zero attached hydrogens (tertiary/aromatic N) is 6. The molecule has 0 saturated carbocycles. The number of nitrogens with one attached hydrogen (secondary N) is 1. The molecule has 5 rings (SSSR count). The smallest absolute Gasteiger partial charge is 0.505 e. The van der Waals surface area contributed by atoms with Crippen LogP contribution in [0.4, 0.5) is 34.6 Å². The number of hydrogen-bond donors (Lipinski definition) is 5. The maximum absolute atomic E-state index is 12.4. The van der Waals surface area contributed by atoms with E-state index in [0.717, 1.165) is 30.3 Å². The van der Waals surface area contributed by atoms with Crippen LogP contribution in [-0.4, -0.2) is 66.0 Å². The zero-order chi connectivity index (χ0) is 35.2. The van der Waals surface area contributed by atoms with Crippen molar-refractivity contribution in [3.8, 4) is 5.75 Å². The first kappa shape index (κ1) is 45.3. The third-order valence-electron chi connectivity index (χ3n) is 6.64. The summed E-state index contributed by atoms with van der Waals surface area (Å²) in [5.41, 5.74) is -0.636. The van der Waals surface area contributed by atoms with E-state index < -0.39 is 62.2 Å². The van der Waals surface area contributed by atoms with Crippen molar-refractivity contribution in [2.45, 2.75) is 21.6 Å². The summed E-state index contributed by atoms with van der Waals surface area (Å²) < 4.78 is 103. The number of phenolic OH excluding ortho intramolecular Hbond substituents is 1. The molecule has 0 radical (unpaired) electrons. The Bertz CT molecular complexity index is 2480. The molecule has 5 aromatic rings. The third kappa shape index (κ3) is 10.7. The van der Waals surface area contributed by atoms with E-state index in [1.807, 2.05) is 0 Å². The van der Waals surface area contributed by atoms with Crippen LogP contribution in [0.2, 0.25) is 5.28 Å². The average Bonchev–Trinajstić information content (AvgIpc) is 2.99. The van der Waals surface area contributed by atoms with Gasteiger partial charge in [0, 0.05) is 18.1 Å². The number of aromatic nitrogens is 3. The van der Waals surface area contributed by atoms with E-state index in [1.165, 1.54) is 13.0 Å². The quantitative estimate of drug-likeness (QED) is 0.0547. The summed E-state index contributed by atoms with van der Waals surface area (Å²) in [5.74, 6) is -1.27. The number of aryl methyl sites for hydroxylation is 1. The Morgan fingerprint density at radius 2 is 1.39 bits per heavy atom. The predicted octanol–water partition coefficient (Wildman–Crippen LogP) is -3.63. The van der Waals surface area contributed by atoms with Crippen molar-refractivity contribution in [2.75, 3.05) is 17.3 Å². The van der Waals surface area contributed by atoms with Gasteiger partial charge in [-0.2, -0.15) is 40.2 Å². The van der Waals surface area contributed by atoms with Crippen molar-refractivity contribution >= 4 is 87.4 Å². The molecular formula is C27H22ClN7Na3O10S3+3. The number of hydrogen-bond acceptors (Lipinski definition) is 14. The van der Waals surface area contributed by atoms with Crippen molar-refractivity contribution < 1.29 is 133 Å². The predicted molar refractivity (Wildman–Crippen MR) is 173 cm³/mol. The van der Waals surface area contributed by atoms with Crippen LogP contribution in [0.15, 0.2) is 91.6 Å². The van der Waals surface area contributed by atoms with E-state index in [4.69, 9.17) is 11.6 Å². The zero-order valence-corrected chi connectivity index (χ0v) is 36.6. The average molecular weight is 805 g/mol. The van der Waals surface area contributed by atoms with Gasteiger partial charge in [-0.3, -0.25) is 13.7 Å². The Hall–Kier alpha value is -1.83. The van der Waals surface area contributed by atoms with E-state index in [1.54, 1.807) is 42.3 Å². The first-order valence-electron chi connectivity index (χ1n) is 13.1. The standard InChI is InChI=1S/C27H22ClN7O10S3.3Na/c1-14-8-9-18(20(10-14)47(40,41)42)33-34-23-21(48(43,44)45)12-15-11-17(46(37,38)39)13-19(22(15)24(23)36)29-26-30-25(28)31-27(32-26)35(2)16-6-4-3-5-7-16;;;/h3-13,36H,1-2H3,(H,37,38,39)(H,40,41,42)(H,43,44,45)(H,29,30,31,32);;;/q;3*+1. The van der Waals surface area contributed by atoms with Crippen LogP contribution in [-0.2, 0) is 30.4 Å². The first-order chi connectivity index (χ1) is 22.3. The number of para-hydroxylation sites is 1. The fourth-order valence-corrected chi connectivity index (χ4v) is 6.51. The number of halogens is 1. The number of rotatable bonds is 9. The van der Waals surface area contributed by atoms with Crippen LogP contribution in [0.5, 0.6) is 5.75 Å². The van der Waals surface area contributed by atoms with Crippen molar-refractivity contribution in [2.24, 2.45) is 10.2 Å². The molecule has 1 aromatic heterocycles. The third-order valence-corrected chi connectivity index (χ3v) is 9.39. The molecule has 24 heteroatoms. The number of benzene rings is 4. The molecular weight excluding hydrogens is 783 g/mol. The Kier molecular flexibility index (Phi) is 15.6. The van der Waals surface area contributed by atoms with Crippen LogP contribution in [0.25, 0.3) is 10.8 Å². The molecule has 250 valence electrons. The molecule has 0 fully saturated rings. The molecule has 0 atom stereocenters. The fraction of sp³-hybridized carbons (Fsp3) is 0.0741. The Morgan fingerprint density at radius 3 is 1.98 bits per heavy atom. The van der Waals surface area contributed by atoms with Gasteiger partial charge in [0.25, 0.3) is 30.4 Å². The van der Waals surface area contributed by atoms with Crippen LogP contribution in [0, 0.1) is 6.92 Å². The molecule has 5 N–H and O–H groups in total. The van der Waals surface area contributed by atoms with Gasteiger partial charge in [0.05, 0.1) is 10.6 Å². The normalized spacial score (nSPS) is 11.7. The minimum Gasteiger partial charge on any atom is -0.505 e. The van der Waals surface area contributed by atoms with Gasteiger partial charge in [-0.25, -0.2) is 0 Å². The summed E-state index contributed by atoms with van der Waals surface area (Å²) in [5, 5.41) is 20.5. The minimum absolute atomic E-state index is 0. The summed E-state index contributed by atoms with van der Waals surface area (Å²) >= 11 is 6.15. The summed E-state index contributed by atoms with van der Waals surface area (Å²) in [7, 11) is -13.4. The summed E-state index contributed by atoms with van der Waals surface area (Å²) in [6.45, 7) is 1.53. The van der Waals surface area contributed by atoms with Crippen LogP contribution >= 0.6 is 11.6 Å². The zero-order valence-electron chi connectivity index (χ0n) is 27.4. The van der Waals surface area contributed by atoms with Crippen molar-refractivity contribution in [1.82, 2.24) is 15.0 Å². The number of azo groups is 1. The van der Waals surface area contributed by atoms with E-state index >= 15 is 0 Å². The number of aromatic hydroxyl groups is 1. The first-order valence-corrected chi connectivity index (χ1v) is 17.8.